The van der Waals surface area contributed by atoms with Gasteiger partial charge in [0.25, 0.3) is 0 Å². The molecule has 0 unspecified atom stereocenters. The molecule has 11 rings (SSSR count). The van der Waals surface area contributed by atoms with Gasteiger partial charge in [0.1, 0.15) is 0 Å². The van der Waals surface area contributed by atoms with Crippen LogP contribution in [0.15, 0.2) is 231 Å². The summed E-state index contributed by atoms with van der Waals surface area (Å²) in [6.45, 7) is 0. The number of pyridine rings is 2. The number of hydrogen-bond donors (Lipinski definition) is 0. The molecular weight excluding hydrogens is 757 g/mol. The average Bonchev–Trinajstić information content (AvgIpc) is 3.72. The molecule has 0 atom stereocenters. The third-order valence-electron chi connectivity index (χ3n) is 11.5. The molecule has 0 bridgehead atoms. The number of benzene rings is 8. The summed E-state index contributed by atoms with van der Waals surface area (Å²) in [4.78, 5) is 10.4. The molecular formula is C58H38N2S. The number of nitrogens with zero attached hydrogens (tertiary/aromatic N) is 2. The largest absolute Gasteiger partial charge is 0.248 e. The molecule has 0 fully saturated rings. The van der Waals surface area contributed by atoms with E-state index >= 15 is 0 Å². The molecule has 0 spiro atoms. The average molecular weight is 795 g/mol. The highest BCUT2D eigenvalue weighted by molar-refractivity contribution is 7.25. The van der Waals surface area contributed by atoms with Gasteiger partial charge >= 0.3 is 0 Å². The summed E-state index contributed by atoms with van der Waals surface area (Å²) >= 11 is 1.85. The van der Waals surface area contributed by atoms with Crippen molar-refractivity contribution < 1.29 is 0 Å². The van der Waals surface area contributed by atoms with Gasteiger partial charge in [0, 0.05) is 42.4 Å². The molecule has 3 heterocycles. The van der Waals surface area contributed by atoms with Crippen LogP contribution in [-0.2, 0) is 0 Å². The highest BCUT2D eigenvalue weighted by atomic mass is 32.1. The van der Waals surface area contributed by atoms with Crippen LogP contribution in [0.3, 0.4) is 0 Å². The molecule has 3 aromatic heterocycles. The van der Waals surface area contributed by atoms with E-state index in [4.69, 9.17) is 9.97 Å². The van der Waals surface area contributed by atoms with Crippen LogP contribution < -0.4 is 0 Å². The Balaban J connectivity index is 0.962. The van der Waals surface area contributed by atoms with Gasteiger partial charge in [-0.05, 0) is 105 Å². The van der Waals surface area contributed by atoms with Crippen LogP contribution in [0.1, 0.15) is 0 Å². The lowest BCUT2D eigenvalue weighted by molar-refractivity contribution is 1.32. The quantitative estimate of drug-likeness (QED) is 0.153. The first-order chi connectivity index (χ1) is 30.2. The van der Waals surface area contributed by atoms with E-state index in [0.717, 1.165) is 67.3 Å². The summed E-state index contributed by atoms with van der Waals surface area (Å²) in [5.41, 5.74) is 17.5. The second kappa shape index (κ2) is 15.8. The Hall–Kier alpha value is -7.72. The Bertz CT molecular complexity index is 3000. The first kappa shape index (κ1) is 36.4. The first-order valence-corrected chi connectivity index (χ1v) is 21.4. The molecule has 61 heavy (non-hydrogen) atoms. The first-order valence-electron chi connectivity index (χ1n) is 20.6. The lowest BCUT2D eigenvalue weighted by Crippen LogP contribution is -1.91. The molecule has 2 nitrogen and oxygen atoms in total. The number of rotatable bonds is 8. The minimum absolute atomic E-state index is 0.953. The SMILES string of the molecule is c1ccc(-c2cc(-c3ccccc3)nc(-c3cccc(-c4ccc5sc6ccc(-c7cccc(-c8cc(-c9ccccc9)cc(-c9ccccc9)n8)c7)cc6c5c4)c3)c2)cc1. The number of hydrogen-bond acceptors (Lipinski definition) is 3. The lowest BCUT2D eigenvalue weighted by Gasteiger charge is -2.12. The van der Waals surface area contributed by atoms with E-state index in [1.165, 1.54) is 42.4 Å². The van der Waals surface area contributed by atoms with Crippen molar-refractivity contribution in [1.29, 1.82) is 0 Å². The van der Waals surface area contributed by atoms with Gasteiger partial charge in [-0.2, -0.15) is 0 Å². The van der Waals surface area contributed by atoms with Crippen molar-refractivity contribution >= 4 is 31.5 Å². The zero-order valence-corrected chi connectivity index (χ0v) is 34.1. The molecule has 286 valence electrons. The van der Waals surface area contributed by atoms with Gasteiger partial charge in [0.2, 0.25) is 0 Å². The number of aromatic nitrogens is 2. The van der Waals surface area contributed by atoms with Gasteiger partial charge in [0.05, 0.1) is 22.8 Å². The molecule has 0 aliphatic rings. The number of fused-ring (bicyclic) bond motifs is 3. The fourth-order valence-electron chi connectivity index (χ4n) is 8.32. The summed E-state index contributed by atoms with van der Waals surface area (Å²) in [6, 6.07) is 82.3. The maximum atomic E-state index is 5.21. The van der Waals surface area contributed by atoms with Gasteiger partial charge in [-0.25, -0.2) is 9.97 Å². The van der Waals surface area contributed by atoms with Crippen LogP contribution in [-0.4, -0.2) is 9.97 Å². The summed E-state index contributed by atoms with van der Waals surface area (Å²) in [6.07, 6.45) is 0. The van der Waals surface area contributed by atoms with Gasteiger partial charge in [-0.1, -0.05) is 170 Å². The monoisotopic (exact) mass is 794 g/mol. The van der Waals surface area contributed by atoms with Gasteiger partial charge in [-0.15, -0.1) is 11.3 Å². The van der Waals surface area contributed by atoms with Crippen LogP contribution >= 0.6 is 11.3 Å². The molecule has 0 aliphatic heterocycles. The molecule has 0 saturated carbocycles. The molecule has 8 aromatic carbocycles. The zero-order valence-electron chi connectivity index (χ0n) is 33.2. The van der Waals surface area contributed by atoms with E-state index < -0.39 is 0 Å². The van der Waals surface area contributed by atoms with E-state index in [9.17, 15) is 0 Å². The summed E-state index contributed by atoms with van der Waals surface area (Å²) in [5, 5.41) is 2.53. The van der Waals surface area contributed by atoms with Crippen molar-refractivity contribution in [3.63, 3.8) is 0 Å². The van der Waals surface area contributed by atoms with Crippen LogP contribution in [0.4, 0.5) is 0 Å². The zero-order chi connectivity index (χ0) is 40.5. The van der Waals surface area contributed by atoms with Crippen molar-refractivity contribution in [3.8, 4) is 89.5 Å². The highest BCUT2D eigenvalue weighted by Crippen LogP contribution is 2.40. The van der Waals surface area contributed by atoms with E-state index in [1.54, 1.807) is 0 Å². The Morgan fingerprint density at radius 1 is 0.213 bits per heavy atom. The van der Waals surface area contributed by atoms with E-state index in [2.05, 4.69) is 218 Å². The molecule has 0 saturated heterocycles. The predicted octanol–water partition coefficient (Wildman–Crippen LogP) is 16.2. The fraction of sp³-hybridized carbons (Fsp3) is 0. The summed E-state index contributed by atoms with van der Waals surface area (Å²) in [7, 11) is 0. The normalized spacial score (nSPS) is 11.3. The molecule has 0 amide bonds. The Labute approximate surface area is 359 Å². The smallest absolute Gasteiger partial charge is 0.0715 e. The summed E-state index contributed by atoms with van der Waals surface area (Å²) in [5.74, 6) is 0. The van der Waals surface area contributed by atoms with Crippen molar-refractivity contribution in [3.05, 3.63) is 231 Å². The van der Waals surface area contributed by atoms with E-state index in [-0.39, 0.29) is 0 Å². The van der Waals surface area contributed by atoms with Crippen LogP contribution in [0.2, 0.25) is 0 Å². The van der Waals surface area contributed by atoms with Crippen LogP contribution in [0, 0.1) is 0 Å². The molecule has 3 heteroatoms. The van der Waals surface area contributed by atoms with Crippen molar-refractivity contribution in [2.24, 2.45) is 0 Å². The van der Waals surface area contributed by atoms with Gasteiger partial charge in [-0.3, -0.25) is 0 Å². The lowest BCUT2D eigenvalue weighted by atomic mass is 9.96. The predicted molar refractivity (Wildman–Crippen MR) is 258 cm³/mol. The third kappa shape index (κ3) is 7.33. The Kier molecular flexibility index (Phi) is 9.42. The van der Waals surface area contributed by atoms with Crippen LogP contribution in [0.5, 0.6) is 0 Å². The maximum Gasteiger partial charge on any atom is 0.0715 e. The Morgan fingerprint density at radius 3 is 0.918 bits per heavy atom. The Morgan fingerprint density at radius 2 is 0.525 bits per heavy atom. The standard InChI is InChI=1S/C58H38N2S/c1-5-15-39(16-6-1)49-35-53(41-19-9-3-10-20-41)59-55(37-49)47-25-13-23-43(31-47)45-27-29-57-51(33-45)52-34-46(28-30-58(52)61-57)44-24-14-26-48(32-44)56-38-50(40-17-7-2-8-18-40)36-54(60-56)42-21-11-4-12-22-42/h1-38H. The number of thiophene rings is 1. The van der Waals surface area contributed by atoms with Crippen LogP contribution in [0.25, 0.3) is 110 Å². The molecule has 0 aliphatic carbocycles. The third-order valence-corrected chi connectivity index (χ3v) is 12.6. The maximum absolute atomic E-state index is 5.21. The minimum atomic E-state index is 0.953. The van der Waals surface area contributed by atoms with Gasteiger partial charge in [0.15, 0.2) is 0 Å². The van der Waals surface area contributed by atoms with Gasteiger partial charge < -0.3 is 0 Å². The van der Waals surface area contributed by atoms with Crippen molar-refractivity contribution in [2.45, 2.75) is 0 Å². The van der Waals surface area contributed by atoms with E-state index in [0.29, 0.717) is 0 Å². The van der Waals surface area contributed by atoms with E-state index in [1.807, 2.05) is 23.5 Å². The second-order valence-corrected chi connectivity index (χ2v) is 16.5. The molecule has 11 aromatic rings. The fourth-order valence-corrected chi connectivity index (χ4v) is 9.38. The van der Waals surface area contributed by atoms with Crippen molar-refractivity contribution in [2.75, 3.05) is 0 Å². The molecule has 0 N–H and O–H groups in total. The topological polar surface area (TPSA) is 25.8 Å². The summed E-state index contributed by atoms with van der Waals surface area (Å²) < 4.78 is 2.56. The molecule has 0 radical (unpaired) electrons. The highest BCUT2D eigenvalue weighted by Gasteiger charge is 2.14. The van der Waals surface area contributed by atoms with Crippen molar-refractivity contribution in [1.82, 2.24) is 9.97 Å². The second-order valence-electron chi connectivity index (χ2n) is 15.4. The minimum Gasteiger partial charge on any atom is -0.248 e.